The molecule has 0 bridgehead atoms. The summed E-state index contributed by atoms with van der Waals surface area (Å²) in [6.07, 6.45) is 0.830. The van der Waals surface area contributed by atoms with Crippen LogP contribution in [0.3, 0.4) is 0 Å². The first-order chi connectivity index (χ1) is 9.08. The fraction of sp³-hybridized carbons (Fsp3) is 0.429. The Kier molecular flexibility index (Phi) is 6.02. The highest BCUT2D eigenvalue weighted by molar-refractivity contribution is 5.96. The molecule has 0 fully saturated rings. The molecular weight excluding hydrogens is 244 g/mol. The molecule has 2 amide bonds. The van der Waals surface area contributed by atoms with Crippen LogP contribution in [0.4, 0.5) is 5.69 Å². The van der Waals surface area contributed by atoms with E-state index in [0.29, 0.717) is 24.3 Å². The zero-order chi connectivity index (χ0) is 14.3. The number of carbonyl (C=O) groups is 2. The number of carbonyl (C=O) groups excluding carboxylic acids is 2. The monoisotopic (exact) mass is 264 g/mol. The summed E-state index contributed by atoms with van der Waals surface area (Å²) in [6.45, 7) is 4.26. The van der Waals surface area contributed by atoms with Crippen LogP contribution in [-0.2, 0) is 4.79 Å². The van der Waals surface area contributed by atoms with E-state index in [-0.39, 0.29) is 18.4 Å². The van der Waals surface area contributed by atoms with Crippen LogP contribution in [0.5, 0.6) is 0 Å². The first-order valence-electron chi connectivity index (χ1n) is 6.36. The molecule has 5 nitrogen and oxygen atoms in total. The van der Waals surface area contributed by atoms with Gasteiger partial charge in [-0.2, -0.15) is 0 Å². The largest absolute Gasteiger partial charge is 0.395 e. The van der Waals surface area contributed by atoms with E-state index >= 15 is 0 Å². The lowest BCUT2D eigenvalue weighted by Crippen LogP contribution is -2.34. The van der Waals surface area contributed by atoms with Gasteiger partial charge in [-0.3, -0.25) is 9.59 Å². The Bertz CT molecular complexity index is 440. The number of hydrogen-bond donors (Lipinski definition) is 2. The van der Waals surface area contributed by atoms with Gasteiger partial charge in [0.05, 0.1) is 6.61 Å². The van der Waals surface area contributed by atoms with Crippen molar-refractivity contribution in [1.29, 1.82) is 0 Å². The van der Waals surface area contributed by atoms with Gasteiger partial charge in [0.25, 0.3) is 5.91 Å². The van der Waals surface area contributed by atoms with Gasteiger partial charge in [-0.25, -0.2) is 0 Å². The minimum Gasteiger partial charge on any atom is -0.395 e. The standard InChI is InChI=1S/C14H20N2O3/c1-3-7-16(8-9-17)14(19)12-5-4-6-13(10-12)15-11(2)18/h4-6,10,17H,3,7-9H2,1-2H3,(H,15,18). The molecule has 0 unspecified atom stereocenters. The zero-order valence-electron chi connectivity index (χ0n) is 11.3. The van der Waals surface area contributed by atoms with E-state index in [1.807, 2.05) is 6.92 Å². The van der Waals surface area contributed by atoms with E-state index in [9.17, 15) is 9.59 Å². The minimum atomic E-state index is -0.176. The lowest BCUT2D eigenvalue weighted by atomic mass is 10.1. The van der Waals surface area contributed by atoms with Gasteiger partial charge in [-0.05, 0) is 24.6 Å². The summed E-state index contributed by atoms with van der Waals surface area (Å²) in [5.41, 5.74) is 1.10. The Hall–Kier alpha value is -1.88. The molecule has 0 aliphatic heterocycles. The Morgan fingerprint density at radius 3 is 2.63 bits per heavy atom. The van der Waals surface area contributed by atoms with E-state index in [0.717, 1.165) is 6.42 Å². The third kappa shape index (κ3) is 4.71. The van der Waals surface area contributed by atoms with Crippen molar-refractivity contribution in [2.24, 2.45) is 0 Å². The Labute approximate surface area is 113 Å². The third-order valence-corrected chi connectivity index (χ3v) is 2.58. The van der Waals surface area contributed by atoms with E-state index in [2.05, 4.69) is 5.32 Å². The summed E-state index contributed by atoms with van der Waals surface area (Å²) in [5.74, 6) is -0.312. The van der Waals surface area contributed by atoms with E-state index in [1.165, 1.54) is 6.92 Å². The molecule has 1 aromatic carbocycles. The van der Waals surface area contributed by atoms with Gasteiger partial charge in [0.15, 0.2) is 0 Å². The van der Waals surface area contributed by atoms with Crippen LogP contribution in [0.2, 0.25) is 0 Å². The van der Waals surface area contributed by atoms with Crippen molar-refractivity contribution in [3.63, 3.8) is 0 Å². The van der Waals surface area contributed by atoms with Gasteiger partial charge in [-0.15, -0.1) is 0 Å². The van der Waals surface area contributed by atoms with E-state index < -0.39 is 0 Å². The molecule has 0 spiro atoms. The topological polar surface area (TPSA) is 69.6 Å². The normalized spacial score (nSPS) is 10.1. The molecule has 0 aliphatic rings. The van der Waals surface area contributed by atoms with Crippen molar-refractivity contribution in [2.75, 3.05) is 25.0 Å². The summed E-state index contributed by atoms with van der Waals surface area (Å²) in [5, 5.41) is 11.6. The second kappa shape index (κ2) is 7.53. The van der Waals surface area contributed by atoms with Gasteiger partial charge in [0, 0.05) is 31.3 Å². The van der Waals surface area contributed by atoms with Crippen molar-refractivity contribution >= 4 is 17.5 Å². The highest BCUT2D eigenvalue weighted by Gasteiger charge is 2.14. The van der Waals surface area contributed by atoms with Gasteiger partial charge >= 0.3 is 0 Å². The molecule has 19 heavy (non-hydrogen) atoms. The van der Waals surface area contributed by atoms with E-state index in [4.69, 9.17) is 5.11 Å². The number of amides is 2. The number of aliphatic hydroxyl groups is 1. The molecule has 1 rings (SSSR count). The van der Waals surface area contributed by atoms with Gasteiger partial charge < -0.3 is 15.3 Å². The minimum absolute atomic E-state index is 0.0584. The smallest absolute Gasteiger partial charge is 0.254 e. The van der Waals surface area contributed by atoms with Crippen LogP contribution < -0.4 is 5.32 Å². The first kappa shape index (κ1) is 15.2. The van der Waals surface area contributed by atoms with Crippen LogP contribution in [0.1, 0.15) is 30.6 Å². The van der Waals surface area contributed by atoms with Crippen LogP contribution in [-0.4, -0.2) is 41.5 Å². The van der Waals surface area contributed by atoms with E-state index in [1.54, 1.807) is 29.2 Å². The molecule has 0 atom stereocenters. The second-order valence-corrected chi connectivity index (χ2v) is 4.28. The van der Waals surface area contributed by atoms with Gasteiger partial charge in [-0.1, -0.05) is 13.0 Å². The third-order valence-electron chi connectivity index (χ3n) is 2.58. The molecule has 0 aromatic heterocycles. The van der Waals surface area contributed by atoms with Crippen molar-refractivity contribution in [3.05, 3.63) is 29.8 Å². The number of rotatable bonds is 6. The number of nitrogens with zero attached hydrogens (tertiary/aromatic N) is 1. The molecule has 104 valence electrons. The summed E-state index contributed by atoms with van der Waals surface area (Å²) >= 11 is 0. The average Bonchev–Trinajstić information content (AvgIpc) is 2.37. The summed E-state index contributed by atoms with van der Waals surface area (Å²) in [6, 6.07) is 6.80. The molecule has 2 N–H and O–H groups in total. The van der Waals surface area contributed by atoms with Crippen LogP contribution >= 0.6 is 0 Å². The lowest BCUT2D eigenvalue weighted by molar-refractivity contribution is -0.114. The first-order valence-corrected chi connectivity index (χ1v) is 6.36. The maximum absolute atomic E-state index is 12.3. The van der Waals surface area contributed by atoms with Crippen molar-refractivity contribution in [3.8, 4) is 0 Å². The number of aliphatic hydroxyl groups excluding tert-OH is 1. The van der Waals surface area contributed by atoms with Crippen molar-refractivity contribution < 1.29 is 14.7 Å². The van der Waals surface area contributed by atoms with Crippen LogP contribution in [0, 0.1) is 0 Å². The number of benzene rings is 1. The second-order valence-electron chi connectivity index (χ2n) is 4.28. The summed E-state index contributed by atoms with van der Waals surface area (Å²) in [4.78, 5) is 24.9. The maximum Gasteiger partial charge on any atom is 0.254 e. The SMILES string of the molecule is CCCN(CCO)C(=O)c1cccc(NC(C)=O)c1. The molecule has 1 aromatic rings. The molecule has 0 saturated heterocycles. The molecule has 5 heteroatoms. The van der Waals surface area contributed by atoms with Crippen LogP contribution in [0.25, 0.3) is 0 Å². The fourth-order valence-corrected chi connectivity index (χ4v) is 1.82. The van der Waals surface area contributed by atoms with Crippen molar-refractivity contribution in [2.45, 2.75) is 20.3 Å². The highest BCUT2D eigenvalue weighted by Crippen LogP contribution is 2.13. The Morgan fingerprint density at radius 1 is 1.32 bits per heavy atom. The number of nitrogens with one attached hydrogen (secondary N) is 1. The fourth-order valence-electron chi connectivity index (χ4n) is 1.82. The molecule has 0 heterocycles. The maximum atomic E-state index is 12.3. The van der Waals surface area contributed by atoms with Gasteiger partial charge in [0.1, 0.15) is 0 Å². The molecule has 0 aliphatic carbocycles. The zero-order valence-corrected chi connectivity index (χ0v) is 11.3. The predicted octanol–water partition coefficient (Wildman–Crippen LogP) is 1.49. The molecule has 0 saturated carbocycles. The summed E-state index contributed by atoms with van der Waals surface area (Å²) < 4.78 is 0. The number of hydrogen-bond acceptors (Lipinski definition) is 3. The number of anilines is 1. The Balaban J connectivity index is 2.87. The predicted molar refractivity (Wildman–Crippen MR) is 74.0 cm³/mol. The van der Waals surface area contributed by atoms with Crippen LogP contribution in [0.15, 0.2) is 24.3 Å². The molecule has 0 radical (unpaired) electrons. The van der Waals surface area contributed by atoms with Gasteiger partial charge in [0.2, 0.25) is 5.91 Å². The lowest BCUT2D eigenvalue weighted by Gasteiger charge is -2.21. The Morgan fingerprint density at radius 2 is 2.05 bits per heavy atom. The van der Waals surface area contributed by atoms with Crippen molar-refractivity contribution in [1.82, 2.24) is 4.90 Å². The highest BCUT2D eigenvalue weighted by atomic mass is 16.3. The average molecular weight is 264 g/mol. The quantitative estimate of drug-likeness (QED) is 0.818. The summed E-state index contributed by atoms with van der Waals surface area (Å²) in [7, 11) is 0. The molecular formula is C14H20N2O3.